The van der Waals surface area contributed by atoms with Crippen LogP contribution in [0.1, 0.15) is 201 Å². The number of ether oxygens (including phenoxy) is 4. The van der Waals surface area contributed by atoms with Crippen LogP contribution in [0, 0.1) is 5.92 Å². The maximum Gasteiger partial charge on any atom is 0.303 e. The fraction of sp³-hybridized carbons (Fsp3) is 0.811. The van der Waals surface area contributed by atoms with Crippen molar-refractivity contribution in [3.05, 3.63) is 18.2 Å². The summed E-state index contributed by atoms with van der Waals surface area (Å²) in [5.74, 6) is -0.0127. The minimum Gasteiger partial charge on any atom is -0.481 e. The first-order chi connectivity index (χ1) is 33.3. The number of nitrogens with zero attached hydrogens (tertiary/aromatic N) is 1. The molecule has 17 heteroatoms. The lowest BCUT2D eigenvalue weighted by molar-refractivity contribution is -0.137. The van der Waals surface area contributed by atoms with Crippen molar-refractivity contribution in [2.24, 2.45) is 11.7 Å². The van der Waals surface area contributed by atoms with Crippen LogP contribution in [0.4, 0.5) is 0 Å². The van der Waals surface area contributed by atoms with Gasteiger partial charge in [-0.1, -0.05) is 104 Å². The summed E-state index contributed by atoms with van der Waals surface area (Å²) in [5, 5.41) is 14.2. The van der Waals surface area contributed by atoms with Gasteiger partial charge < -0.3 is 55.0 Å². The zero-order chi connectivity index (χ0) is 51.0. The van der Waals surface area contributed by atoms with Crippen LogP contribution in [0.25, 0.3) is 0 Å². The molecule has 2 atom stereocenters. The van der Waals surface area contributed by atoms with Gasteiger partial charge in [0.2, 0.25) is 11.8 Å². The molecule has 0 fully saturated rings. The quantitative estimate of drug-likeness (QED) is 0.0385. The molecule has 0 aliphatic carbocycles. The number of aliphatic carboxylic acids is 1. The fourth-order valence-electron chi connectivity index (χ4n) is 7.25. The summed E-state index contributed by atoms with van der Waals surface area (Å²) in [7, 11) is 0. The van der Waals surface area contributed by atoms with E-state index in [1.54, 1.807) is 26.4 Å². The minimum absolute atomic E-state index is 0. The second-order valence-electron chi connectivity index (χ2n) is 18.3. The van der Waals surface area contributed by atoms with E-state index in [0.717, 1.165) is 63.5 Å². The maximum absolute atomic E-state index is 12.3. The highest BCUT2D eigenvalue weighted by atomic mass is 16.5. The third-order valence-corrected chi connectivity index (χ3v) is 11.4. The molecule has 1 rings (SSSR count). The number of carbonyl (C=O) groups excluding carboxylic acids is 6. The highest BCUT2D eigenvalue weighted by Gasteiger charge is 2.16. The largest absolute Gasteiger partial charge is 0.481 e. The van der Waals surface area contributed by atoms with Crippen molar-refractivity contribution < 1.29 is 57.6 Å². The molecule has 406 valence electrons. The monoisotopic (exact) mass is 996 g/mol. The Morgan fingerprint density at radius 2 is 1.06 bits per heavy atom. The van der Waals surface area contributed by atoms with Crippen molar-refractivity contribution in [1.29, 1.82) is 0 Å². The highest BCUT2D eigenvalue weighted by Crippen LogP contribution is 2.16. The van der Waals surface area contributed by atoms with Crippen LogP contribution in [-0.2, 0) is 58.9 Å². The molecule has 0 aliphatic heterocycles. The number of carbonyl (C=O) groups is 7. The van der Waals surface area contributed by atoms with Gasteiger partial charge in [0.25, 0.3) is 0 Å². The van der Waals surface area contributed by atoms with Gasteiger partial charge in [0.15, 0.2) is 0 Å². The number of hydrogen-bond donors (Lipinski definition) is 5. The van der Waals surface area contributed by atoms with E-state index in [1.165, 1.54) is 57.8 Å². The Hall–Kier alpha value is -3.90. The molecule has 0 unspecified atom stereocenters. The highest BCUT2D eigenvalue weighted by molar-refractivity contribution is 5.84. The smallest absolute Gasteiger partial charge is 0.303 e. The maximum atomic E-state index is 12.3. The van der Waals surface area contributed by atoms with Gasteiger partial charge in [-0.15, -0.1) is 0 Å². The summed E-state index contributed by atoms with van der Waals surface area (Å²) in [6.45, 7) is 8.08. The van der Waals surface area contributed by atoms with Crippen LogP contribution >= 0.6 is 0 Å². The summed E-state index contributed by atoms with van der Waals surface area (Å²) >= 11 is 0. The summed E-state index contributed by atoms with van der Waals surface area (Å²) in [6.07, 6.45) is 28.2. The van der Waals surface area contributed by atoms with E-state index < -0.39 is 12.0 Å². The van der Waals surface area contributed by atoms with Crippen LogP contribution in [0.15, 0.2) is 12.5 Å². The Bertz CT molecular complexity index is 1450. The van der Waals surface area contributed by atoms with E-state index in [-0.39, 0.29) is 56.4 Å². The van der Waals surface area contributed by atoms with Gasteiger partial charge >= 0.3 is 5.97 Å². The number of aromatic amines is 1. The first-order valence-electron chi connectivity index (χ1n) is 26.1. The summed E-state index contributed by atoms with van der Waals surface area (Å²) in [4.78, 5) is 86.5. The van der Waals surface area contributed by atoms with Crippen molar-refractivity contribution >= 4 is 40.9 Å². The van der Waals surface area contributed by atoms with Crippen LogP contribution in [0.5, 0.6) is 0 Å². The lowest BCUT2D eigenvalue weighted by atomic mass is 9.95. The van der Waals surface area contributed by atoms with E-state index in [2.05, 4.69) is 27.5 Å². The number of ketones is 4. The predicted octanol–water partition coefficient (Wildman–Crippen LogP) is 8.38. The number of aromatic nitrogens is 2. The predicted molar refractivity (Wildman–Crippen MR) is 275 cm³/mol. The number of hydrogen-bond acceptors (Lipinski definition) is 13. The molecule has 0 bridgehead atoms. The Morgan fingerprint density at radius 3 is 1.57 bits per heavy atom. The Kier molecular flexibility index (Phi) is 48.8. The summed E-state index contributed by atoms with van der Waals surface area (Å²) in [6, 6.07) is -0.512. The Balaban J connectivity index is 0. The van der Waals surface area contributed by atoms with Gasteiger partial charge in [-0.3, -0.25) is 24.0 Å². The number of Topliss-reactive ketones (excluding diaryl/α,β-unsaturated/α-hetero) is 4. The molecular weight excluding hydrogens is 899 g/mol. The zero-order valence-electron chi connectivity index (χ0n) is 42.9. The summed E-state index contributed by atoms with van der Waals surface area (Å²) < 4.78 is 21.7. The topological polar surface area (TPSA) is 255 Å². The molecule has 17 nitrogen and oxygen atoms in total. The van der Waals surface area contributed by atoms with Gasteiger partial charge in [0.05, 0.1) is 45.4 Å². The number of nitrogens with two attached hydrogens (primary N) is 1. The third kappa shape index (κ3) is 50.5. The minimum atomic E-state index is -0.690. The molecule has 70 heavy (non-hydrogen) atoms. The number of H-pyrrole nitrogens is 1. The fourth-order valence-corrected chi connectivity index (χ4v) is 7.25. The second kappa shape index (κ2) is 50.1. The number of carboxylic acid groups (broad SMARTS) is 1. The van der Waals surface area contributed by atoms with Gasteiger partial charge in [-0.05, 0) is 58.3 Å². The van der Waals surface area contributed by atoms with Gasteiger partial charge in [0.1, 0.15) is 36.3 Å². The molecule has 1 aromatic rings. The van der Waals surface area contributed by atoms with Crippen LogP contribution in [0.3, 0.4) is 0 Å². The van der Waals surface area contributed by atoms with E-state index in [4.69, 9.17) is 29.8 Å². The van der Waals surface area contributed by atoms with E-state index >= 15 is 0 Å². The first kappa shape index (κ1) is 68.2. The van der Waals surface area contributed by atoms with Gasteiger partial charge in [-0.25, -0.2) is 4.98 Å². The number of imidazole rings is 1. The summed E-state index contributed by atoms with van der Waals surface area (Å²) in [5.41, 5.74) is 6.88. The van der Waals surface area contributed by atoms with Crippen LogP contribution in [-0.4, -0.2) is 128 Å². The van der Waals surface area contributed by atoms with Gasteiger partial charge in [0, 0.05) is 76.5 Å². The lowest BCUT2D eigenvalue weighted by Crippen LogP contribution is -2.33. The number of carboxylic acids is 1. The number of rotatable bonds is 49. The van der Waals surface area contributed by atoms with Gasteiger partial charge in [-0.2, -0.15) is 0 Å². The molecule has 0 saturated carbocycles. The van der Waals surface area contributed by atoms with Crippen LogP contribution in [0.2, 0.25) is 0 Å². The van der Waals surface area contributed by atoms with Crippen molar-refractivity contribution in [2.75, 3.05) is 65.9 Å². The molecule has 0 saturated heterocycles. The zero-order valence-corrected chi connectivity index (χ0v) is 42.9. The molecule has 0 radical (unpaired) electrons. The molecular formula is C53H97N5O12. The molecule has 1 heterocycles. The van der Waals surface area contributed by atoms with Crippen LogP contribution < -0.4 is 16.4 Å². The third-order valence-electron chi connectivity index (χ3n) is 11.4. The van der Waals surface area contributed by atoms with E-state index in [9.17, 15) is 33.6 Å². The standard InChI is InChI=1S/C45H81N5O10.C7H12O2.CH4/c1-38(23-24-42(52)41(46)33-39-34-47-37-50-39)19-16-17-25-48-43(53)35-60-32-30-58-28-26-49-44(54)36-59-31-29-57-27-18-21-40(51)20-14-12-10-8-6-4-2-3-5-7-9-11-13-15-22-45(55)56;1-6(8)4-3-5-7(2)9;/h34,37-38,41H,2-33,35-36,46H2,1H3,(H,47,50)(H,48,53)(H,49,54)(H,55,56);3-5H2,1-2H3;1H4/t38-,41+;;/m1../s1. The molecule has 0 aromatic carbocycles. The average molecular weight is 996 g/mol. The average Bonchev–Trinajstić information content (AvgIpc) is 3.82. The van der Waals surface area contributed by atoms with E-state index in [1.807, 2.05) is 0 Å². The molecule has 0 spiro atoms. The lowest BCUT2D eigenvalue weighted by Gasteiger charge is -2.13. The van der Waals surface area contributed by atoms with Crippen molar-refractivity contribution in [3.8, 4) is 0 Å². The van der Waals surface area contributed by atoms with Crippen molar-refractivity contribution in [1.82, 2.24) is 20.6 Å². The molecule has 0 aliphatic rings. The molecule has 1 aromatic heterocycles. The van der Waals surface area contributed by atoms with Crippen molar-refractivity contribution in [3.63, 3.8) is 0 Å². The van der Waals surface area contributed by atoms with E-state index in [0.29, 0.717) is 116 Å². The normalized spacial score (nSPS) is 11.7. The molecule has 6 N–H and O–H groups in total. The second-order valence-corrected chi connectivity index (χ2v) is 18.3. The number of amides is 2. The Labute approximate surface area is 421 Å². The first-order valence-corrected chi connectivity index (χ1v) is 26.1. The number of unbranched alkanes of at least 4 members (excludes halogenated alkanes) is 14. The Morgan fingerprint density at radius 1 is 0.571 bits per heavy atom. The van der Waals surface area contributed by atoms with Crippen molar-refractivity contribution in [2.45, 2.75) is 208 Å². The SMILES string of the molecule is C.CC(=O)CCCC(C)=O.C[C@H](CCCCNC(=O)COCCOCCNC(=O)COCCOCCCC(=O)CCCCCCCCCCCCCCCCC(=O)O)CCC(=O)[C@@H](N)Cc1cnc[nH]1. The number of nitrogens with one attached hydrogen (secondary N) is 3. The molecule has 2 amide bonds.